The fourth-order valence-electron chi connectivity index (χ4n) is 3.69. The molecular weight excluding hydrogens is 343 g/mol. The topological polar surface area (TPSA) is 66.4 Å². The zero-order valence-corrected chi connectivity index (χ0v) is 14.4. The van der Waals surface area contributed by atoms with Crippen molar-refractivity contribution in [3.63, 3.8) is 0 Å². The second-order valence-electron chi connectivity index (χ2n) is 6.69. The predicted octanol–water partition coefficient (Wildman–Crippen LogP) is 1.51. The van der Waals surface area contributed by atoms with Gasteiger partial charge in [-0.05, 0) is 17.4 Å². The maximum atomic E-state index is 12.9. The van der Waals surface area contributed by atoms with E-state index < -0.39 is 15.8 Å². The molecule has 2 atom stereocenters. The van der Waals surface area contributed by atoms with Gasteiger partial charge in [0.25, 0.3) is 0 Å². The number of sulfonamides is 1. The monoisotopic (exact) mass is 362 g/mol. The van der Waals surface area contributed by atoms with Crippen LogP contribution in [0.3, 0.4) is 0 Å². The van der Waals surface area contributed by atoms with Crippen molar-refractivity contribution in [2.24, 2.45) is 11.8 Å². The maximum absolute atomic E-state index is 12.9. The number of aromatic nitrogens is 2. The highest BCUT2D eigenvalue weighted by Crippen LogP contribution is 2.34. The van der Waals surface area contributed by atoms with E-state index >= 15 is 0 Å². The molecule has 0 saturated carbocycles. The van der Waals surface area contributed by atoms with Crippen molar-refractivity contribution in [3.05, 3.63) is 54.1 Å². The number of hydrogen-bond acceptors (Lipinski definition) is 5. The summed E-state index contributed by atoms with van der Waals surface area (Å²) >= 11 is 0. The van der Waals surface area contributed by atoms with E-state index in [1.807, 2.05) is 35.2 Å². The van der Waals surface area contributed by atoms with E-state index in [0.717, 1.165) is 18.0 Å². The van der Waals surface area contributed by atoms with Crippen molar-refractivity contribution in [3.8, 4) is 0 Å². The molecule has 0 aliphatic carbocycles. The van der Waals surface area contributed by atoms with Gasteiger partial charge < -0.3 is 4.90 Å². The molecule has 2 unspecified atom stereocenters. The van der Waals surface area contributed by atoms with Crippen LogP contribution >= 0.6 is 0 Å². The number of anilines is 1. The van der Waals surface area contributed by atoms with Gasteiger partial charge in [0.05, 0.1) is 18.1 Å². The quantitative estimate of drug-likeness (QED) is 0.825. The lowest BCUT2D eigenvalue weighted by molar-refractivity contribution is 0.452. The number of benzene rings is 1. The van der Waals surface area contributed by atoms with E-state index in [4.69, 9.17) is 0 Å². The van der Waals surface area contributed by atoms with Gasteiger partial charge in [-0.25, -0.2) is 27.1 Å². The van der Waals surface area contributed by atoms with Crippen molar-refractivity contribution in [2.45, 2.75) is 5.75 Å². The summed E-state index contributed by atoms with van der Waals surface area (Å²) in [5, 5.41) is 0. The number of hydrogen-bond donors (Lipinski definition) is 0. The molecule has 2 aliphatic heterocycles. The standard InChI is InChI=1S/C17H19FN4O2S/c18-16-6-19-17(20-7-16)21-8-14-10-22(11-15(14)9-21)25(23,24)12-13-4-2-1-3-5-13/h1-7,14-15H,8-12H2. The summed E-state index contributed by atoms with van der Waals surface area (Å²) in [5.41, 5.74) is 0.806. The Balaban J connectivity index is 1.41. The van der Waals surface area contributed by atoms with E-state index in [0.29, 0.717) is 32.1 Å². The normalized spacial score (nSPS) is 23.8. The summed E-state index contributed by atoms with van der Waals surface area (Å²) in [6.07, 6.45) is 2.32. The maximum Gasteiger partial charge on any atom is 0.225 e. The fourth-order valence-corrected chi connectivity index (χ4v) is 5.32. The molecule has 0 radical (unpaired) electrons. The summed E-state index contributed by atoms with van der Waals surface area (Å²) < 4.78 is 39.9. The van der Waals surface area contributed by atoms with Crippen molar-refractivity contribution in [1.82, 2.24) is 14.3 Å². The first kappa shape index (κ1) is 16.4. The van der Waals surface area contributed by atoms with Crippen LogP contribution < -0.4 is 4.90 Å². The molecule has 0 spiro atoms. The van der Waals surface area contributed by atoms with Gasteiger partial charge in [-0.2, -0.15) is 0 Å². The van der Waals surface area contributed by atoms with E-state index in [9.17, 15) is 12.8 Å². The van der Waals surface area contributed by atoms with Gasteiger partial charge in [0.2, 0.25) is 16.0 Å². The Bertz CT molecular complexity index is 831. The largest absolute Gasteiger partial charge is 0.340 e. The zero-order chi connectivity index (χ0) is 17.4. The van der Waals surface area contributed by atoms with Gasteiger partial charge in [-0.3, -0.25) is 0 Å². The molecule has 0 amide bonds. The molecule has 2 aliphatic rings. The van der Waals surface area contributed by atoms with E-state index in [-0.39, 0.29) is 17.6 Å². The van der Waals surface area contributed by atoms with Crippen molar-refractivity contribution in [2.75, 3.05) is 31.1 Å². The highest BCUT2D eigenvalue weighted by molar-refractivity contribution is 7.88. The van der Waals surface area contributed by atoms with Crippen LogP contribution in [-0.4, -0.2) is 48.9 Å². The van der Waals surface area contributed by atoms with E-state index in [1.165, 1.54) is 0 Å². The Kier molecular flexibility index (Phi) is 4.16. The molecule has 132 valence electrons. The number of nitrogens with zero attached hydrogens (tertiary/aromatic N) is 4. The second kappa shape index (κ2) is 6.34. The minimum absolute atomic E-state index is 0.0397. The first-order chi connectivity index (χ1) is 12.0. The molecule has 2 aromatic rings. The minimum atomic E-state index is -3.31. The summed E-state index contributed by atoms with van der Waals surface area (Å²) in [6.45, 7) is 2.45. The molecule has 3 heterocycles. The summed E-state index contributed by atoms with van der Waals surface area (Å²) in [7, 11) is -3.31. The summed E-state index contributed by atoms with van der Waals surface area (Å²) in [4.78, 5) is 10.0. The van der Waals surface area contributed by atoms with Crippen LogP contribution in [0.25, 0.3) is 0 Å². The third-order valence-corrected chi connectivity index (χ3v) is 6.71. The van der Waals surface area contributed by atoms with E-state index in [2.05, 4.69) is 9.97 Å². The lowest BCUT2D eigenvalue weighted by Crippen LogP contribution is -2.34. The molecule has 2 saturated heterocycles. The number of fused-ring (bicyclic) bond motifs is 1. The third-order valence-electron chi connectivity index (χ3n) is 4.93. The summed E-state index contributed by atoms with van der Waals surface area (Å²) in [6, 6.07) is 9.25. The Morgan fingerprint density at radius 3 is 2.20 bits per heavy atom. The Labute approximate surface area is 146 Å². The molecule has 6 nitrogen and oxygen atoms in total. The van der Waals surface area contributed by atoms with Crippen molar-refractivity contribution < 1.29 is 12.8 Å². The molecule has 1 aromatic carbocycles. The lowest BCUT2D eigenvalue weighted by atomic mass is 10.0. The first-order valence-corrected chi connectivity index (χ1v) is 9.86. The highest BCUT2D eigenvalue weighted by atomic mass is 32.2. The van der Waals surface area contributed by atoms with Gasteiger partial charge >= 0.3 is 0 Å². The molecule has 0 N–H and O–H groups in total. The van der Waals surface area contributed by atoms with E-state index in [1.54, 1.807) is 4.31 Å². The smallest absolute Gasteiger partial charge is 0.225 e. The van der Waals surface area contributed by atoms with Crippen LogP contribution in [-0.2, 0) is 15.8 Å². The van der Waals surface area contributed by atoms with Crippen LogP contribution in [0.1, 0.15) is 5.56 Å². The Hall–Kier alpha value is -2.06. The number of rotatable bonds is 4. The first-order valence-electron chi connectivity index (χ1n) is 8.25. The lowest BCUT2D eigenvalue weighted by Gasteiger charge is -2.21. The van der Waals surface area contributed by atoms with Gasteiger partial charge in [0, 0.05) is 26.2 Å². The third kappa shape index (κ3) is 3.36. The molecule has 1 aromatic heterocycles. The van der Waals surface area contributed by atoms with Crippen molar-refractivity contribution >= 4 is 16.0 Å². The average Bonchev–Trinajstić information content (AvgIpc) is 3.15. The van der Waals surface area contributed by atoms with Crippen LogP contribution in [0, 0.1) is 17.7 Å². The molecule has 2 fully saturated rings. The highest BCUT2D eigenvalue weighted by Gasteiger charge is 2.44. The minimum Gasteiger partial charge on any atom is -0.340 e. The van der Waals surface area contributed by atoms with Gasteiger partial charge in [-0.15, -0.1) is 0 Å². The van der Waals surface area contributed by atoms with Gasteiger partial charge in [0.15, 0.2) is 5.82 Å². The number of halogens is 1. The summed E-state index contributed by atoms with van der Waals surface area (Å²) in [5.74, 6) is 0.618. The molecular formula is C17H19FN4O2S. The zero-order valence-electron chi connectivity index (χ0n) is 13.6. The van der Waals surface area contributed by atoms with Gasteiger partial charge in [-0.1, -0.05) is 30.3 Å². The molecule has 4 rings (SSSR count). The molecule has 25 heavy (non-hydrogen) atoms. The average molecular weight is 362 g/mol. The SMILES string of the molecule is O=S(=O)(Cc1ccccc1)N1CC2CN(c3ncc(F)cn3)CC2C1. The second-order valence-corrected chi connectivity index (χ2v) is 8.65. The van der Waals surface area contributed by atoms with Crippen LogP contribution in [0.2, 0.25) is 0 Å². The predicted molar refractivity (Wildman–Crippen MR) is 91.8 cm³/mol. The Morgan fingerprint density at radius 2 is 1.60 bits per heavy atom. The molecule has 0 bridgehead atoms. The van der Waals surface area contributed by atoms with Crippen molar-refractivity contribution in [1.29, 1.82) is 0 Å². The van der Waals surface area contributed by atoms with Crippen LogP contribution in [0.15, 0.2) is 42.7 Å². The van der Waals surface area contributed by atoms with Crippen LogP contribution in [0.4, 0.5) is 10.3 Å². The molecule has 8 heteroatoms. The van der Waals surface area contributed by atoms with Crippen LogP contribution in [0.5, 0.6) is 0 Å². The fraction of sp³-hybridized carbons (Fsp3) is 0.412. The Morgan fingerprint density at radius 1 is 1.00 bits per heavy atom. The van der Waals surface area contributed by atoms with Gasteiger partial charge in [0.1, 0.15) is 0 Å².